The van der Waals surface area contributed by atoms with Crippen LogP contribution in [0.1, 0.15) is 37.4 Å². The molecule has 5 heteroatoms. The first-order valence-electron chi connectivity index (χ1n) is 6.95. The molecule has 2 aromatic rings. The quantitative estimate of drug-likeness (QED) is 0.905. The van der Waals surface area contributed by atoms with Gasteiger partial charge in [0.2, 0.25) is 0 Å². The molecule has 1 aliphatic carbocycles. The minimum atomic E-state index is -0.409. The van der Waals surface area contributed by atoms with Crippen LogP contribution >= 0.6 is 11.6 Å². The van der Waals surface area contributed by atoms with E-state index in [1.54, 1.807) is 12.1 Å². The highest BCUT2D eigenvalue weighted by Gasteiger charge is 2.17. The van der Waals surface area contributed by atoms with Crippen LogP contribution in [0.25, 0.3) is 0 Å². The summed E-state index contributed by atoms with van der Waals surface area (Å²) in [6, 6.07) is 7.28. The summed E-state index contributed by atoms with van der Waals surface area (Å²) in [7, 11) is 0. The van der Waals surface area contributed by atoms with Crippen molar-refractivity contribution in [3.8, 4) is 0 Å². The first-order chi connectivity index (χ1) is 9.72. The summed E-state index contributed by atoms with van der Waals surface area (Å²) in [6.45, 7) is 0.584. The number of rotatable bonds is 4. The summed E-state index contributed by atoms with van der Waals surface area (Å²) in [5, 5.41) is 7.88. The second kappa shape index (κ2) is 5.83. The van der Waals surface area contributed by atoms with Gasteiger partial charge in [0.25, 0.3) is 0 Å². The van der Waals surface area contributed by atoms with Gasteiger partial charge in [-0.1, -0.05) is 24.4 Å². The van der Waals surface area contributed by atoms with Crippen molar-refractivity contribution < 1.29 is 4.39 Å². The topological polar surface area (TPSA) is 29.9 Å². The van der Waals surface area contributed by atoms with Gasteiger partial charge in [-0.2, -0.15) is 5.10 Å². The summed E-state index contributed by atoms with van der Waals surface area (Å²) < 4.78 is 15.4. The van der Waals surface area contributed by atoms with Crippen LogP contribution in [0.4, 0.5) is 10.1 Å². The van der Waals surface area contributed by atoms with Crippen LogP contribution in [-0.2, 0) is 6.54 Å². The van der Waals surface area contributed by atoms with Gasteiger partial charge in [0.05, 0.1) is 23.3 Å². The Morgan fingerprint density at radius 1 is 1.30 bits per heavy atom. The number of nitrogens with zero attached hydrogens (tertiary/aromatic N) is 2. The van der Waals surface area contributed by atoms with Gasteiger partial charge in [-0.3, -0.25) is 4.68 Å². The van der Waals surface area contributed by atoms with Crippen LogP contribution in [0, 0.1) is 5.82 Å². The molecule has 0 radical (unpaired) electrons. The fraction of sp³-hybridized carbons (Fsp3) is 0.400. The van der Waals surface area contributed by atoms with E-state index in [4.69, 9.17) is 11.6 Å². The van der Waals surface area contributed by atoms with Crippen molar-refractivity contribution in [2.45, 2.75) is 38.3 Å². The minimum Gasteiger partial charge on any atom is -0.379 e. The molecule has 1 heterocycles. The minimum absolute atomic E-state index is 0.140. The molecule has 3 nitrogen and oxygen atoms in total. The first-order valence-corrected chi connectivity index (χ1v) is 7.33. The van der Waals surface area contributed by atoms with Crippen LogP contribution < -0.4 is 5.32 Å². The average molecular weight is 294 g/mol. The van der Waals surface area contributed by atoms with Crippen LogP contribution in [0.3, 0.4) is 0 Å². The summed E-state index contributed by atoms with van der Waals surface area (Å²) in [5.74, 6) is -0.409. The van der Waals surface area contributed by atoms with Crippen LogP contribution in [0.15, 0.2) is 30.5 Å². The highest BCUT2D eigenvalue weighted by molar-refractivity contribution is 6.30. The molecule has 0 unspecified atom stereocenters. The molecule has 0 atom stereocenters. The number of anilines is 1. The Morgan fingerprint density at radius 2 is 2.10 bits per heavy atom. The van der Waals surface area contributed by atoms with E-state index >= 15 is 0 Å². The van der Waals surface area contributed by atoms with Crippen molar-refractivity contribution in [1.29, 1.82) is 0 Å². The molecule has 1 fully saturated rings. The standard InChI is InChI=1S/C15H17ClFN3/c16-14-6-5-11(9-15(14)17)18-10-12-7-8-20(19-12)13-3-1-2-4-13/h5-9,13,18H,1-4,10H2. The lowest BCUT2D eigenvalue weighted by atomic mass is 10.3. The van der Waals surface area contributed by atoms with Crippen LogP contribution in [0.5, 0.6) is 0 Å². The fourth-order valence-corrected chi connectivity index (χ4v) is 2.76. The predicted molar refractivity (Wildman–Crippen MR) is 78.5 cm³/mol. The molecule has 1 N–H and O–H groups in total. The van der Waals surface area contributed by atoms with Crippen LogP contribution in [-0.4, -0.2) is 9.78 Å². The van der Waals surface area contributed by atoms with E-state index in [0.717, 1.165) is 5.69 Å². The van der Waals surface area contributed by atoms with E-state index in [1.807, 2.05) is 12.3 Å². The zero-order chi connectivity index (χ0) is 13.9. The van der Waals surface area contributed by atoms with Crippen molar-refractivity contribution >= 4 is 17.3 Å². The molecule has 1 saturated carbocycles. The molecular weight excluding hydrogens is 277 g/mol. The number of hydrogen-bond acceptors (Lipinski definition) is 2. The fourth-order valence-electron chi connectivity index (χ4n) is 2.64. The summed E-state index contributed by atoms with van der Waals surface area (Å²) >= 11 is 5.66. The molecule has 20 heavy (non-hydrogen) atoms. The highest BCUT2D eigenvalue weighted by atomic mass is 35.5. The molecule has 0 aliphatic heterocycles. The zero-order valence-corrected chi connectivity index (χ0v) is 11.9. The summed E-state index contributed by atoms with van der Waals surface area (Å²) in [5.41, 5.74) is 1.68. The molecule has 1 aromatic carbocycles. The SMILES string of the molecule is Fc1cc(NCc2ccn(C3CCCC3)n2)ccc1Cl. The van der Waals surface area contributed by atoms with Crippen molar-refractivity contribution in [1.82, 2.24) is 9.78 Å². The van der Waals surface area contributed by atoms with E-state index < -0.39 is 5.82 Å². The maximum Gasteiger partial charge on any atom is 0.143 e. The number of halogens is 2. The Hall–Kier alpha value is -1.55. The van der Waals surface area contributed by atoms with E-state index in [0.29, 0.717) is 18.3 Å². The summed E-state index contributed by atoms with van der Waals surface area (Å²) in [6.07, 6.45) is 7.06. The third-order valence-corrected chi connectivity index (χ3v) is 4.06. The Morgan fingerprint density at radius 3 is 2.85 bits per heavy atom. The highest BCUT2D eigenvalue weighted by Crippen LogP contribution is 2.28. The molecule has 1 aliphatic rings. The number of nitrogens with one attached hydrogen (secondary N) is 1. The number of aromatic nitrogens is 2. The van der Waals surface area contributed by atoms with Crippen molar-refractivity contribution in [2.75, 3.05) is 5.32 Å². The largest absolute Gasteiger partial charge is 0.379 e. The second-order valence-electron chi connectivity index (χ2n) is 5.21. The first kappa shape index (κ1) is 13.4. The van der Waals surface area contributed by atoms with Gasteiger partial charge in [0.15, 0.2) is 0 Å². The lowest BCUT2D eigenvalue weighted by molar-refractivity contribution is 0.463. The Bertz CT molecular complexity index is 591. The van der Waals surface area contributed by atoms with Gasteiger partial charge in [0, 0.05) is 11.9 Å². The zero-order valence-electron chi connectivity index (χ0n) is 11.1. The van der Waals surface area contributed by atoms with Gasteiger partial charge >= 0.3 is 0 Å². The smallest absolute Gasteiger partial charge is 0.143 e. The molecule has 3 rings (SSSR count). The van der Waals surface area contributed by atoms with Gasteiger partial charge in [-0.05, 0) is 37.1 Å². The molecule has 0 amide bonds. The Kier molecular flexibility index (Phi) is 3.92. The molecule has 0 saturated heterocycles. The summed E-state index contributed by atoms with van der Waals surface area (Å²) in [4.78, 5) is 0. The van der Waals surface area contributed by atoms with Gasteiger partial charge in [0.1, 0.15) is 5.82 Å². The Labute approximate surface area is 122 Å². The third kappa shape index (κ3) is 2.96. The average Bonchev–Trinajstić information content (AvgIpc) is 3.09. The van der Waals surface area contributed by atoms with Crippen molar-refractivity contribution in [3.05, 3.63) is 47.0 Å². The van der Waals surface area contributed by atoms with Gasteiger partial charge in [-0.15, -0.1) is 0 Å². The molecule has 0 bridgehead atoms. The van der Waals surface area contributed by atoms with Gasteiger partial charge < -0.3 is 5.32 Å². The molecule has 1 aromatic heterocycles. The normalized spacial score (nSPS) is 15.7. The predicted octanol–water partition coefficient (Wildman–Crippen LogP) is 4.40. The molecule has 0 spiro atoms. The van der Waals surface area contributed by atoms with E-state index in [-0.39, 0.29) is 5.02 Å². The van der Waals surface area contributed by atoms with Gasteiger partial charge in [-0.25, -0.2) is 4.39 Å². The van der Waals surface area contributed by atoms with E-state index in [9.17, 15) is 4.39 Å². The monoisotopic (exact) mass is 293 g/mol. The Balaban J connectivity index is 1.61. The van der Waals surface area contributed by atoms with E-state index in [1.165, 1.54) is 31.7 Å². The second-order valence-corrected chi connectivity index (χ2v) is 5.62. The van der Waals surface area contributed by atoms with E-state index in [2.05, 4.69) is 15.1 Å². The van der Waals surface area contributed by atoms with Crippen molar-refractivity contribution in [3.63, 3.8) is 0 Å². The molecular formula is C15H17ClFN3. The lowest BCUT2D eigenvalue weighted by Gasteiger charge is -2.09. The van der Waals surface area contributed by atoms with Crippen LogP contribution in [0.2, 0.25) is 5.02 Å². The lowest BCUT2D eigenvalue weighted by Crippen LogP contribution is -2.07. The maximum absolute atomic E-state index is 13.3. The van der Waals surface area contributed by atoms with Crippen molar-refractivity contribution in [2.24, 2.45) is 0 Å². The molecule has 106 valence electrons. The number of hydrogen-bond donors (Lipinski definition) is 1. The third-order valence-electron chi connectivity index (χ3n) is 3.76. The maximum atomic E-state index is 13.3. The number of benzene rings is 1.